The number of halogens is 3. The number of nitrogens with one attached hydrogen (secondary N) is 1. The highest BCUT2D eigenvalue weighted by Gasteiger charge is 2.34. The number of amides is 1. The Hall–Kier alpha value is -3.76. The summed E-state index contributed by atoms with van der Waals surface area (Å²) in [6.07, 6.45) is 2.82. The average molecular weight is 502 g/mol. The van der Waals surface area contributed by atoms with Crippen molar-refractivity contribution in [2.45, 2.75) is 50.7 Å². The SMILES string of the molecule is COC(=O)c1ccc(NC(=O)[C@@H](CC2CCCCC2)n2cnc3c(C(F)(F)F)cccc3c2=O)nc1. The summed E-state index contributed by atoms with van der Waals surface area (Å²) in [6, 6.07) is 5.16. The molecule has 1 saturated carbocycles. The number of ether oxygens (including phenoxy) is 1. The molecule has 1 aliphatic rings. The maximum atomic E-state index is 13.4. The first kappa shape index (κ1) is 25.3. The lowest BCUT2D eigenvalue weighted by atomic mass is 9.84. The number of fused-ring (bicyclic) bond motifs is 1. The number of hydrogen-bond donors (Lipinski definition) is 1. The van der Waals surface area contributed by atoms with E-state index in [2.05, 4.69) is 20.0 Å². The third-order valence-corrected chi connectivity index (χ3v) is 6.47. The molecule has 0 spiro atoms. The monoisotopic (exact) mass is 502 g/mol. The molecule has 3 aromatic rings. The Kier molecular flexibility index (Phi) is 7.37. The van der Waals surface area contributed by atoms with Gasteiger partial charge in [0, 0.05) is 6.20 Å². The minimum atomic E-state index is -4.67. The summed E-state index contributed by atoms with van der Waals surface area (Å²) in [5.41, 5.74) is -1.99. The lowest BCUT2D eigenvalue weighted by Gasteiger charge is -2.27. The number of hydrogen-bond acceptors (Lipinski definition) is 6. The number of aromatic nitrogens is 3. The van der Waals surface area contributed by atoms with Crippen LogP contribution >= 0.6 is 0 Å². The number of rotatable bonds is 6. The number of benzene rings is 1. The van der Waals surface area contributed by atoms with Gasteiger partial charge in [-0.15, -0.1) is 0 Å². The van der Waals surface area contributed by atoms with Gasteiger partial charge in [-0.25, -0.2) is 14.8 Å². The van der Waals surface area contributed by atoms with Crippen LogP contribution in [0, 0.1) is 5.92 Å². The van der Waals surface area contributed by atoms with Crippen LogP contribution < -0.4 is 10.9 Å². The summed E-state index contributed by atoms with van der Waals surface area (Å²) in [5.74, 6) is -0.799. The van der Waals surface area contributed by atoms with Crippen LogP contribution in [0.25, 0.3) is 10.9 Å². The molecule has 190 valence electrons. The largest absolute Gasteiger partial charge is 0.465 e. The number of carbonyl (C=O) groups excluding carboxylic acids is 2. The quantitative estimate of drug-likeness (QED) is 0.488. The molecule has 8 nitrogen and oxygen atoms in total. The van der Waals surface area contributed by atoms with Gasteiger partial charge in [-0.2, -0.15) is 13.2 Å². The van der Waals surface area contributed by atoms with Gasteiger partial charge >= 0.3 is 12.1 Å². The van der Waals surface area contributed by atoms with Crippen LogP contribution in [0.5, 0.6) is 0 Å². The van der Waals surface area contributed by atoms with Crippen LogP contribution in [-0.4, -0.2) is 33.5 Å². The maximum Gasteiger partial charge on any atom is 0.418 e. The molecule has 1 atom stereocenters. The predicted molar refractivity (Wildman–Crippen MR) is 125 cm³/mol. The molecule has 1 aliphatic carbocycles. The van der Waals surface area contributed by atoms with E-state index < -0.39 is 40.7 Å². The van der Waals surface area contributed by atoms with Crippen molar-refractivity contribution in [2.75, 3.05) is 12.4 Å². The number of methoxy groups -OCH3 is 1. The molecule has 0 unspecified atom stereocenters. The van der Waals surface area contributed by atoms with Crippen LogP contribution in [0.2, 0.25) is 0 Å². The number of anilines is 1. The molecule has 11 heteroatoms. The molecule has 1 fully saturated rings. The standard InChI is InChI=1S/C25H25F3N4O4/c1-36-24(35)16-10-11-20(29-13-16)31-22(33)19(12-15-6-3-2-4-7-15)32-14-30-21-17(23(32)34)8-5-9-18(21)25(26,27)28/h5,8-11,13-15,19H,2-4,6-7,12H2,1H3,(H,29,31,33)/t19-/m1/s1. The second-order valence-electron chi connectivity index (χ2n) is 8.82. The highest BCUT2D eigenvalue weighted by atomic mass is 19.4. The Morgan fingerprint density at radius 3 is 2.53 bits per heavy atom. The van der Waals surface area contributed by atoms with Crippen molar-refractivity contribution in [1.29, 1.82) is 0 Å². The Morgan fingerprint density at radius 1 is 1.14 bits per heavy atom. The number of alkyl halides is 3. The smallest absolute Gasteiger partial charge is 0.418 e. The number of para-hydroxylation sites is 1. The summed E-state index contributed by atoms with van der Waals surface area (Å²) in [6.45, 7) is 0. The zero-order valence-electron chi connectivity index (χ0n) is 19.5. The van der Waals surface area contributed by atoms with E-state index in [4.69, 9.17) is 0 Å². The summed E-state index contributed by atoms with van der Waals surface area (Å²) in [7, 11) is 1.24. The van der Waals surface area contributed by atoms with Gasteiger partial charge in [0.1, 0.15) is 11.9 Å². The van der Waals surface area contributed by atoms with E-state index >= 15 is 0 Å². The highest BCUT2D eigenvalue weighted by Crippen LogP contribution is 2.34. The van der Waals surface area contributed by atoms with Crippen molar-refractivity contribution in [1.82, 2.24) is 14.5 Å². The van der Waals surface area contributed by atoms with Crippen LogP contribution in [0.4, 0.5) is 19.0 Å². The maximum absolute atomic E-state index is 13.4. The van der Waals surface area contributed by atoms with Crippen molar-refractivity contribution in [3.8, 4) is 0 Å². The molecule has 1 amide bonds. The van der Waals surface area contributed by atoms with Gasteiger partial charge in [0.05, 0.1) is 35.5 Å². The fraction of sp³-hybridized carbons (Fsp3) is 0.400. The lowest BCUT2D eigenvalue weighted by Crippen LogP contribution is -2.35. The number of carbonyl (C=O) groups is 2. The minimum absolute atomic E-state index is 0.155. The molecule has 4 rings (SSSR count). The molecule has 2 aromatic heterocycles. The van der Waals surface area contributed by atoms with Crippen molar-refractivity contribution in [3.63, 3.8) is 0 Å². The summed E-state index contributed by atoms with van der Waals surface area (Å²) < 4.78 is 46.1. The molecule has 1 aromatic carbocycles. The number of esters is 1. The normalized spacial score (nSPS) is 15.4. The first-order valence-electron chi connectivity index (χ1n) is 11.6. The second-order valence-corrected chi connectivity index (χ2v) is 8.82. The van der Waals surface area contributed by atoms with E-state index in [0.717, 1.165) is 55.1 Å². The molecule has 0 bridgehead atoms. The molecule has 0 saturated heterocycles. The summed E-state index contributed by atoms with van der Waals surface area (Å²) in [4.78, 5) is 46.3. The predicted octanol–water partition coefficient (Wildman–Crippen LogP) is 4.75. The zero-order chi connectivity index (χ0) is 25.9. The third-order valence-electron chi connectivity index (χ3n) is 6.47. The van der Waals surface area contributed by atoms with Crippen molar-refractivity contribution in [2.24, 2.45) is 5.92 Å². The van der Waals surface area contributed by atoms with Crippen molar-refractivity contribution < 1.29 is 27.5 Å². The van der Waals surface area contributed by atoms with Gasteiger partial charge in [0.2, 0.25) is 5.91 Å². The van der Waals surface area contributed by atoms with E-state index in [9.17, 15) is 27.6 Å². The molecular formula is C25H25F3N4O4. The first-order chi connectivity index (χ1) is 17.2. The summed E-state index contributed by atoms with van der Waals surface area (Å²) in [5, 5.41) is 2.44. The Bertz CT molecular complexity index is 1320. The van der Waals surface area contributed by atoms with E-state index in [1.54, 1.807) is 0 Å². The van der Waals surface area contributed by atoms with Gasteiger partial charge in [-0.3, -0.25) is 14.2 Å². The van der Waals surface area contributed by atoms with Crippen molar-refractivity contribution >= 4 is 28.6 Å². The van der Waals surface area contributed by atoms with Crippen LogP contribution in [0.3, 0.4) is 0 Å². The molecule has 2 heterocycles. The van der Waals surface area contributed by atoms with Crippen LogP contribution in [0.1, 0.15) is 60.5 Å². The van der Waals surface area contributed by atoms with E-state index in [-0.39, 0.29) is 22.7 Å². The topological polar surface area (TPSA) is 103 Å². The van der Waals surface area contributed by atoms with E-state index in [1.807, 2.05) is 0 Å². The van der Waals surface area contributed by atoms with Crippen molar-refractivity contribution in [3.05, 3.63) is 64.3 Å². The van der Waals surface area contributed by atoms with Gasteiger partial charge in [0.15, 0.2) is 0 Å². The fourth-order valence-corrected chi connectivity index (χ4v) is 4.62. The van der Waals surface area contributed by atoms with E-state index in [0.29, 0.717) is 6.42 Å². The van der Waals surface area contributed by atoms with Gasteiger partial charge in [0.25, 0.3) is 5.56 Å². The van der Waals surface area contributed by atoms with Gasteiger partial charge in [-0.05, 0) is 36.6 Å². The Labute approximate surface area is 204 Å². The van der Waals surface area contributed by atoms with Gasteiger partial charge in [-0.1, -0.05) is 38.2 Å². The number of pyridine rings is 1. The second kappa shape index (κ2) is 10.5. The molecule has 0 radical (unpaired) electrons. The zero-order valence-corrected chi connectivity index (χ0v) is 19.5. The minimum Gasteiger partial charge on any atom is -0.465 e. The Balaban J connectivity index is 1.70. The molecular weight excluding hydrogens is 477 g/mol. The molecule has 0 aliphatic heterocycles. The van der Waals surface area contributed by atoms with Crippen LogP contribution in [0.15, 0.2) is 47.7 Å². The lowest BCUT2D eigenvalue weighted by molar-refractivity contribution is -0.136. The fourth-order valence-electron chi connectivity index (χ4n) is 4.62. The Morgan fingerprint density at radius 2 is 1.89 bits per heavy atom. The molecule has 36 heavy (non-hydrogen) atoms. The first-order valence-corrected chi connectivity index (χ1v) is 11.6. The van der Waals surface area contributed by atoms with Gasteiger partial charge < -0.3 is 10.1 Å². The van der Waals surface area contributed by atoms with E-state index in [1.165, 1.54) is 31.5 Å². The van der Waals surface area contributed by atoms with Crippen LogP contribution in [-0.2, 0) is 15.7 Å². The third kappa shape index (κ3) is 5.39. The highest BCUT2D eigenvalue weighted by molar-refractivity contribution is 5.94. The average Bonchev–Trinajstić information content (AvgIpc) is 2.87. The number of nitrogens with zero attached hydrogens (tertiary/aromatic N) is 3. The summed E-state index contributed by atoms with van der Waals surface area (Å²) >= 11 is 0. The molecule has 1 N–H and O–H groups in total.